The monoisotopic (exact) mass is 320 g/mol. The van der Waals surface area contributed by atoms with E-state index < -0.39 is 5.91 Å². The maximum atomic E-state index is 12.4. The average Bonchev–Trinajstić information content (AvgIpc) is 3.09. The molecule has 1 aliphatic rings. The van der Waals surface area contributed by atoms with Crippen LogP contribution < -0.4 is 5.32 Å². The van der Waals surface area contributed by atoms with Crippen LogP contribution in [0.15, 0.2) is 40.3 Å². The van der Waals surface area contributed by atoms with E-state index >= 15 is 0 Å². The van der Waals surface area contributed by atoms with E-state index in [2.05, 4.69) is 12.2 Å². The molecule has 0 aliphatic heterocycles. The fraction of sp³-hybridized carbons (Fsp3) is 0.300. The number of carbonyl (C=O) groups is 1. The highest BCUT2D eigenvalue weighted by atomic mass is 16.3. The molecule has 4 heteroatoms. The summed E-state index contributed by atoms with van der Waals surface area (Å²) in [7, 11) is 0. The van der Waals surface area contributed by atoms with Gasteiger partial charge in [0.1, 0.15) is 23.2 Å². The van der Waals surface area contributed by atoms with Gasteiger partial charge in [0.15, 0.2) is 0 Å². The Balaban J connectivity index is 1.79. The smallest absolute Gasteiger partial charge is 0.266 e. The number of para-hydroxylation sites is 1. The Morgan fingerprint density at radius 2 is 1.96 bits per heavy atom. The van der Waals surface area contributed by atoms with Gasteiger partial charge >= 0.3 is 0 Å². The highest BCUT2D eigenvalue weighted by Crippen LogP contribution is 2.47. The normalized spacial score (nSPS) is 19.7. The number of nitrogens with one attached hydrogen (secondary N) is 1. The van der Waals surface area contributed by atoms with Crippen LogP contribution in [0.1, 0.15) is 41.9 Å². The minimum atomic E-state index is -0.423. The molecule has 1 aliphatic carbocycles. The molecule has 0 spiro atoms. The lowest BCUT2D eigenvalue weighted by Crippen LogP contribution is -2.15. The van der Waals surface area contributed by atoms with E-state index in [9.17, 15) is 10.1 Å². The second kappa shape index (κ2) is 6.37. The van der Waals surface area contributed by atoms with Gasteiger partial charge in [-0.1, -0.05) is 25.1 Å². The second-order valence-electron chi connectivity index (χ2n) is 6.45. The molecule has 0 saturated heterocycles. The summed E-state index contributed by atoms with van der Waals surface area (Å²) in [4.78, 5) is 12.4. The fourth-order valence-electron chi connectivity index (χ4n) is 2.85. The number of carbonyl (C=O) groups excluding carboxylic acids is 1. The Morgan fingerprint density at radius 1 is 1.29 bits per heavy atom. The molecule has 0 bridgehead atoms. The predicted molar refractivity (Wildman–Crippen MR) is 93.4 cm³/mol. The second-order valence-corrected chi connectivity index (χ2v) is 6.45. The van der Waals surface area contributed by atoms with Crippen molar-refractivity contribution in [2.75, 3.05) is 5.32 Å². The Hall–Kier alpha value is -2.80. The summed E-state index contributed by atoms with van der Waals surface area (Å²) in [5.74, 6) is 2.17. The van der Waals surface area contributed by atoms with Gasteiger partial charge in [-0.2, -0.15) is 5.26 Å². The van der Waals surface area contributed by atoms with Gasteiger partial charge in [-0.05, 0) is 49.4 Å². The molecule has 0 radical (unpaired) electrons. The number of anilines is 1. The van der Waals surface area contributed by atoms with Gasteiger partial charge in [-0.25, -0.2) is 0 Å². The van der Waals surface area contributed by atoms with Gasteiger partial charge in [-0.15, -0.1) is 0 Å². The number of nitriles is 1. The van der Waals surface area contributed by atoms with Gasteiger partial charge in [-0.3, -0.25) is 4.79 Å². The molecule has 0 unspecified atom stereocenters. The number of aryl methyl sites for hydroxylation is 2. The van der Waals surface area contributed by atoms with Crippen LogP contribution >= 0.6 is 0 Å². The molecule has 24 heavy (non-hydrogen) atoms. The molecule has 1 heterocycles. The average molecular weight is 320 g/mol. The third-order valence-corrected chi connectivity index (χ3v) is 4.49. The van der Waals surface area contributed by atoms with Crippen LogP contribution in [0.4, 0.5) is 5.69 Å². The van der Waals surface area contributed by atoms with Crippen LogP contribution in [0.2, 0.25) is 0 Å². The molecule has 1 aromatic heterocycles. The molecule has 1 saturated carbocycles. The minimum absolute atomic E-state index is 0.0300. The zero-order valence-electron chi connectivity index (χ0n) is 14.1. The lowest BCUT2D eigenvalue weighted by molar-refractivity contribution is -0.112. The number of furan rings is 1. The number of amides is 1. The zero-order valence-corrected chi connectivity index (χ0v) is 14.1. The predicted octanol–water partition coefficient (Wildman–Crippen LogP) is 4.57. The van der Waals surface area contributed by atoms with Gasteiger partial charge < -0.3 is 9.73 Å². The van der Waals surface area contributed by atoms with Gasteiger partial charge in [0, 0.05) is 17.7 Å². The maximum absolute atomic E-state index is 12.4. The van der Waals surface area contributed by atoms with Crippen molar-refractivity contribution in [1.82, 2.24) is 0 Å². The van der Waals surface area contributed by atoms with Crippen LogP contribution in [0, 0.1) is 31.1 Å². The summed E-state index contributed by atoms with van der Waals surface area (Å²) in [6.07, 6.45) is 2.63. The topological polar surface area (TPSA) is 66.0 Å². The van der Waals surface area contributed by atoms with E-state index in [1.54, 1.807) is 0 Å². The highest BCUT2D eigenvalue weighted by molar-refractivity contribution is 6.10. The SMILES string of the molecule is Cc1cccc(C)c1NC(=O)/C(C#N)=C/c1ccc([C@@H]2C[C@H]2C)o1. The molecule has 2 atom stereocenters. The number of hydrogen-bond donors (Lipinski definition) is 1. The van der Waals surface area contributed by atoms with Gasteiger partial charge in [0.25, 0.3) is 5.91 Å². The summed E-state index contributed by atoms with van der Waals surface area (Å²) < 4.78 is 5.75. The first-order valence-electron chi connectivity index (χ1n) is 8.08. The van der Waals surface area contributed by atoms with Gasteiger partial charge in [0.05, 0.1) is 0 Å². The number of hydrogen-bond acceptors (Lipinski definition) is 3. The summed E-state index contributed by atoms with van der Waals surface area (Å²) in [5, 5.41) is 12.2. The van der Waals surface area contributed by atoms with Crippen LogP contribution in [-0.4, -0.2) is 5.91 Å². The highest BCUT2D eigenvalue weighted by Gasteiger charge is 2.36. The molecular formula is C20H20N2O2. The lowest BCUT2D eigenvalue weighted by Gasteiger charge is -2.10. The number of rotatable bonds is 4. The molecule has 2 aromatic rings. The van der Waals surface area contributed by atoms with Crippen LogP contribution in [-0.2, 0) is 4.79 Å². The van der Waals surface area contributed by atoms with Crippen LogP contribution in [0.5, 0.6) is 0 Å². The lowest BCUT2D eigenvalue weighted by atomic mass is 10.1. The molecule has 1 aromatic carbocycles. The number of nitrogens with zero attached hydrogens (tertiary/aromatic N) is 1. The van der Waals surface area contributed by atoms with E-state index in [0.29, 0.717) is 17.6 Å². The minimum Gasteiger partial charge on any atom is -0.461 e. The fourth-order valence-corrected chi connectivity index (χ4v) is 2.85. The Kier molecular flexibility index (Phi) is 4.26. The van der Waals surface area contributed by atoms with Crippen molar-refractivity contribution in [3.8, 4) is 6.07 Å². The first kappa shape index (κ1) is 16.1. The Bertz CT molecular complexity index is 835. The van der Waals surface area contributed by atoms with Crippen molar-refractivity contribution >= 4 is 17.7 Å². The van der Waals surface area contributed by atoms with Crippen molar-refractivity contribution in [2.45, 2.75) is 33.1 Å². The van der Waals surface area contributed by atoms with Gasteiger partial charge in [0.2, 0.25) is 0 Å². The standard InChI is InChI=1S/C20H20N2O2/c1-12-5-4-6-13(2)19(12)22-20(23)15(11-21)10-16-7-8-18(24-16)17-9-14(17)3/h4-8,10,14,17H,9H2,1-3H3,(H,22,23)/b15-10+/t14-,17-/m1/s1. The molecule has 4 nitrogen and oxygen atoms in total. The summed E-state index contributed by atoms with van der Waals surface area (Å²) in [6.45, 7) is 6.03. The zero-order chi connectivity index (χ0) is 17.3. The van der Waals surface area contributed by atoms with Crippen molar-refractivity contribution in [2.24, 2.45) is 5.92 Å². The molecule has 1 fully saturated rings. The largest absolute Gasteiger partial charge is 0.461 e. The van der Waals surface area contributed by atoms with E-state index in [0.717, 1.165) is 29.0 Å². The van der Waals surface area contributed by atoms with Crippen molar-refractivity contribution in [3.63, 3.8) is 0 Å². The maximum Gasteiger partial charge on any atom is 0.266 e. The third kappa shape index (κ3) is 3.26. The third-order valence-electron chi connectivity index (χ3n) is 4.49. The number of benzene rings is 1. The Morgan fingerprint density at radius 3 is 2.54 bits per heavy atom. The van der Waals surface area contributed by atoms with Crippen molar-refractivity contribution < 1.29 is 9.21 Å². The van der Waals surface area contributed by atoms with E-state index in [1.165, 1.54) is 6.08 Å². The summed E-state index contributed by atoms with van der Waals surface area (Å²) >= 11 is 0. The summed E-state index contributed by atoms with van der Waals surface area (Å²) in [5.41, 5.74) is 2.70. The van der Waals surface area contributed by atoms with Crippen LogP contribution in [0.25, 0.3) is 6.08 Å². The van der Waals surface area contributed by atoms with E-state index in [1.807, 2.05) is 50.2 Å². The van der Waals surface area contributed by atoms with Crippen molar-refractivity contribution in [3.05, 3.63) is 58.6 Å². The molecule has 122 valence electrons. The quantitative estimate of drug-likeness (QED) is 0.663. The molecule has 1 N–H and O–H groups in total. The van der Waals surface area contributed by atoms with E-state index in [4.69, 9.17) is 4.42 Å². The molecule has 1 amide bonds. The summed E-state index contributed by atoms with van der Waals surface area (Å²) in [6, 6.07) is 11.5. The van der Waals surface area contributed by atoms with Crippen LogP contribution in [0.3, 0.4) is 0 Å². The first-order chi connectivity index (χ1) is 11.5. The first-order valence-corrected chi connectivity index (χ1v) is 8.08. The molecular weight excluding hydrogens is 300 g/mol. The molecule has 3 rings (SSSR count). The Labute approximate surface area is 141 Å². The van der Waals surface area contributed by atoms with E-state index in [-0.39, 0.29) is 5.57 Å². The van der Waals surface area contributed by atoms with Crippen molar-refractivity contribution in [1.29, 1.82) is 5.26 Å².